The lowest BCUT2D eigenvalue weighted by Gasteiger charge is -2.17. The second kappa shape index (κ2) is 10.4. The monoisotopic (exact) mass is 334 g/mol. The first kappa shape index (κ1) is 18.7. The van der Waals surface area contributed by atoms with E-state index in [0.29, 0.717) is 24.3 Å². The molecule has 0 bridgehead atoms. The van der Waals surface area contributed by atoms with Crippen LogP contribution in [0.3, 0.4) is 0 Å². The van der Waals surface area contributed by atoms with Gasteiger partial charge >= 0.3 is 5.97 Å². The molecule has 0 saturated carbocycles. The number of ether oxygens (including phenoxy) is 1. The average Bonchev–Trinajstić information content (AvgIpc) is 2.54. The molecule has 6 heteroatoms. The summed E-state index contributed by atoms with van der Waals surface area (Å²) in [6.45, 7) is 3.21. The molecular weight excluding hydrogens is 316 g/mol. The summed E-state index contributed by atoms with van der Waals surface area (Å²) in [7, 11) is 0. The minimum Gasteiger partial charge on any atom is -0.449 e. The van der Waals surface area contributed by atoms with Gasteiger partial charge in [0, 0.05) is 11.4 Å². The number of aryl methyl sites for hydroxylation is 1. The van der Waals surface area contributed by atoms with Gasteiger partial charge in [-0.25, -0.2) is 4.79 Å². The molecule has 0 heterocycles. The maximum atomic E-state index is 12.0. The van der Waals surface area contributed by atoms with Crippen LogP contribution in [0.1, 0.15) is 24.8 Å². The molecule has 1 aromatic rings. The van der Waals surface area contributed by atoms with Gasteiger partial charge in [-0.3, -0.25) is 4.79 Å². The number of carbonyl (C=O) groups is 2. The van der Waals surface area contributed by atoms with Crippen LogP contribution in [0.25, 0.3) is 0 Å². The molecule has 0 fully saturated rings. The largest absolute Gasteiger partial charge is 0.449 e. The molecule has 0 spiro atoms. The van der Waals surface area contributed by atoms with Crippen molar-refractivity contribution in [2.45, 2.75) is 31.7 Å². The van der Waals surface area contributed by atoms with Gasteiger partial charge < -0.3 is 10.1 Å². The fourth-order valence-electron chi connectivity index (χ4n) is 1.96. The van der Waals surface area contributed by atoms with E-state index >= 15 is 0 Å². The molecular formula is C17H19ClN2O3. The zero-order valence-corrected chi connectivity index (χ0v) is 13.5. The van der Waals surface area contributed by atoms with Gasteiger partial charge in [-0.2, -0.15) is 5.26 Å². The molecule has 122 valence electrons. The van der Waals surface area contributed by atoms with Gasteiger partial charge in [0.25, 0.3) is 0 Å². The maximum Gasteiger partial charge on any atom is 0.329 e. The molecule has 0 aliphatic carbocycles. The van der Waals surface area contributed by atoms with E-state index in [-0.39, 0.29) is 18.9 Å². The number of nitrogens with one attached hydrogen (secondary N) is 1. The van der Waals surface area contributed by atoms with Crippen LogP contribution in [0.4, 0.5) is 0 Å². The minimum absolute atomic E-state index is 0.253. The lowest BCUT2D eigenvalue weighted by atomic mass is 10.0. The Morgan fingerprint density at radius 2 is 2.26 bits per heavy atom. The van der Waals surface area contributed by atoms with Crippen LogP contribution < -0.4 is 5.32 Å². The van der Waals surface area contributed by atoms with Gasteiger partial charge in [0.15, 0.2) is 6.61 Å². The van der Waals surface area contributed by atoms with Crippen LogP contribution in [0, 0.1) is 11.3 Å². The molecule has 23 heavy (non-hydrogen) atoms. The predicted molar refractivity (Wildman–Crippen MR) is 87.7 cm³/mol. The Balaban J connectivity index is 2.66. The zero-order valence-electron chi connectivity index (χ0n) is 12.8. The topological polar surface area (TPSA) is 79.2 Å². The summed E-state index contributed by atoms with van der Waals surface area (Å²) in [5.41, 5.74) is 0.955. The second-order valence-electron chi connectivity index (χ2n) is 4.88. The molecule has 0 radical (unpaired) electrons. The quantitative estimate of drug-likeness (QED) is 0.556. The Labute approximate surface area is 140 Å². The predicted octanol–water partition coefficient (Wildman–Crippen LogP) is 2.79. The number of nitrogens with zero attached hydrogens (tertiary/aromatic N) is 1. The minimum atomic E-state index is -0.792. The average molecular weight is 335 g/mol. The SMILES string of the molecule is C=CCCC(=O)N[C@@H](CCc1cccc(Cl)c1)C(=O)OCC#N. The summed E-state index contributed by atoms with van der Waals surface area (Å²) in [6, 6.07) is 8.23. The molecule has 1 rings (SSSR count). The molecule has 0 saturated heterocycles. The highest BCUT2D eigenvalue weighted by atomic mass is 35.5. The van der Waals surface area contributed by atoms with Crippen LogP contribution in [0.2, 0.25) is 5.02 Å². The van der Waals surface area contributed by atoms with Crippen LogP contribution in [-0.4, -0.2) is 24.5 Å². The van der Waals surface area contributed by atoms with Gasteiger partial charge in [0.2, 0.25) is 5.91 Å². The summed E-state index contributed by atoms with van der Waals surface area (Å²) in [5, 5.41) is 11.7. The fourth-order valence-corrected chi connectivity index (χ4v) is 2.17. The van der Waals surface area contributed by atoms with Crippen molar-refractivity contribution in [1.82, 2.24) is 5.32 Å². The van der Waals surface area contributed by atoms with Crippen molar-refractivity contribution in [2.75, 3.05) is 6.61 Å². The molecule has 0 aromatic heterocycles. The Hall–Kier alpha value is -2.32. The van der Waals surface area contributed by atoms with E-state index in [4.69, 9.17) is 21.6 Å². The number of esters is 1. The number of carbonyl (C=O) groups excluding carboxylic acids is 2. The number of nitriles is 1. The molecule has 1 aromatic carbocycles. The number of amides is 1. The van der Waals surface area contributed by atoms with Crippen LogP contribution >= 0.6 is 11.6 Å². The summed E-state index contributed by atoms with van der Waals surface area (Å²) < 4.78 is 4.81. The van der Waals surface area contributed by atoms with E-state index in [9.17, 15) is 9.59 Å². The fraction of sp³-hybridized carbons (Fsp3) is 0.353. The number of rotatable bonds is 9. The number of hydrogen-bond acceptors (Lipinski definition) is 4. The first-order valence-electron chi connectivity index (χ1n) is 7.25. The van der Waals surface area contributed by atoms with Gasteiger partial charge in [0.05, 0.1) is 0 Å². The van der Waals surface area contributed by atoms with Crippen molar-refractivity contribution in [1.29, 1.82) is 5.26 Å². The Bertz CT molecular complexity index is 596. The molecule has 5 nitrogen and oxygen atoms in total. The van der Waals surface area contributed by atoms with Crippen molar-refractivity contribution < 1.29 is 14.3 Å². The highest BCUT2D eigenvalue weighted by Gasteiger charge is 2.21. The van der Waals surface area contributed by atoms with Crippen LogP contribution in [-0.2, 0) is 20.7 Å². The van der Waals surface area contributed by atoms with Crippen molar-refractivity contribution in [3.05, 3.63) is 47.5 Å². The van der Waals surface area contributed by atoms with Crippen molar-refractivity contribution in [3.63, 3.8) is 0 Å². The molecule has 1 atom stereocenters. The van der Waals surface area contributed by atoms with Crippen LogP contribution in [0.15, 0.2) is 36.9 Å². The second-order valence-corrected chi connectivity index (χ2v) is 5.32. The van der Waals surface area contributed by atoms with E-state index in [1.807, 2.05) is 12.1 Å². The van der Waals surface area contributed by atoms with Gasteiger partial charge in [-0.1, -0.05) is 29.8 Å². The van der Waals surface area contributed by atoms with Crippen molar-refractivity contribution in [2.24, 2.45) is 0 Å². The van der Waals surface area contributed by atoms with Crippen molar-refractivity contribution in [3.8, 4) is 6.07 Å². The van der Waals surface area contributed by atoms with Gasteiger partial charge in [-0.15, -0.1) is 6.58 Å². The summed E-state index contributed by atoms with van der Waals surface area (Å²) in [4.78, 5) is 23.8. The number of hydrogen-bond donors (Lipinski definition) is 1. The summed E-state index contributed by atoms with van der Waals surface area (Å²) >= 11 is 5.93. The molecule has 1 N–H and O–H groups in total. The third-order valence-electron chi connectivity index (χ3n) is 3.08. The molecule has 1 amide bonds. The number of halogens is 1. The lowest BCUT2D eigenvalue weighted by Crippen LogP contribution is -2.42. The maximum absolute atomic E-state index is 12.0. The normalized spacial score (nSPS) is 11.1. The van der Waals surface area contributed by atoms with E-state index in [2.05, 4.69) is 11.9 Å². The van der Waals surface area contributed by atoms with Gasteiger partial charge in [0.1, 0.15) is 12.1 Å². The highest BCUT2D eigenvalue weighted by Crippen LogP contribution is 2.13. The third kappa shape index (κ3) is 7.48. The first-order valence-corrected chi connectivity index (χ1v) is 7.63. The van der Waals surface area contributed by atoms with E-state index in [1.54, 1.807) is 24.3 Å². The summed E-state index contributed by atoms with van der Waals surface area (Å²) in [5.74, 6) is -0.865. The van der Waals surface area contributed by atoms with E-state index in [0.717, 1.165) is 5.56 Å². The number of allylic oxidation sites excluding steroid dienone is 1. The number of benzene rings is 1. The zero-order chi connectivity index (χ0) is 17.1. The Morgan fingerprint density at radius 1 is 1.48 bits per heavy atom. The van der Waals surface area contributed by atoms with E-state index in [1.165, 1.54) is 0 Å². The van der Waals surface area contributed by atoms with Crippen LogP contribution in [0.5, 0.6) is 0 Å². The summed E-state index contributed by atoms with van der Waals surface area (Å²) in [6.07, 6.45) is 3.33. The Morgan fingerprint density at radius 3 is 2.91 bits per heavy atom. The smallest absolute Gasteiger partial charge is 0.329 e. The van der Waals surface area contributed by atoms with E-state index < -0.39 is 12.0 Å². The standard InChI is InChI=1S/C17H19ClN2O3/c1-2-3-7-16(21)20-15(17(22)23-11-10-19)9-8-13-5-4-6-14(18)12-13/h2,4-6,12,15H,1,3,7-9,11H2,(H,20,21)/t15-/m0/s1. The lowest BCUT2D eigenvalue weighted by molar-refractivity contribution is -0.146. The van der Waals surface area contributed by atoms with Gasteiger partial charge in [-0.05, 0) is 37.0 Å². The highest BCUT2D eigenvalue weighted by molar-refractivity contribution is 6.30. The van der Waals surface area contributed by atoms with Crippen molar-refractivity contribution >= 4 is 23.5 Å². The molecule has 0 unspecified atom stereocenters. The Kier molecular flexibility index (Phi) is 8.48. The first-order chi connectivity index (χ1) is 11.1. The molecule has 0 aliphatic heterocycles. The molecule has 0 aliphatic rings. The third-order valence-corrected chi connectivity index (χ3v) is 3.32.